The fraction of sp³-hybridized carbons (Fsp3) is 0.375. The predicted molar refractivity (Wildman–Crippen MR) is 42.3 cm³/mol. The van der Waals surface area contributed by atoms with E-state index in [2.05, 4.69) is 14.5 Å². The minimum atomic E-state index is -4.50. The first-order valence-corrected chi connectivity index (χ1v) is 3.64. The Hall–Kier alpha value is -1.46. The second kappa shape index (κ2) is 3.73. The highest BCUT2D eigenvalue weighted by Gasteiger charge is 2.33. The fourth-order valence-corrected chi connectivity index (χ4v) is 0.849. The van der Waals surface area contributed by atoms with E-state index >= 15 is 0 Å². The summed E-state index contributed by atoms with van der Waals surface area (Å²) < 4.78 is 46.0. The lowest BCUT2D eigenvalue weighted by atomic mass is 10.3. The molecule has 0 N–H and O–H groups in total. The molecule has 1 rings (SSSR count). The van der Waals surface area contributed by atoms with Crippen LogP contribution in [0.3, 0.4) is 0 Å². The molecule has 3 nitrogen and oxygen atoms in total. The van der Waals surface area contributed by atoms with Crippen LogP contribution in [0.2, 0.25) is 0 Å². The van der Waals surface area contributed by atoms with Gasteiger partial charge in [0.2, 0.25) is 5.88 Å². The summed E-state index contributed by atoms with van der Waals surface area (Å²) in [6.07, 6.45) is -4.50. The van der Waals surface area contributed by atoms with Crippen LogP contribution in [0.25, 0.3) is 0 Å². The third-order valence-corrected chi connectivity index (χ3v) is 1.51. The number of hydrogen-bond acceptors (Lipinski definition) is 3. The predicted octanol–water partition coefficient (Wildman–Crippen LogP) is 2.12. The molecule has 1 heterocycles. The van der Waals surface area contributed by atoms with Crippen molar-refractivity contribution in [2.24, 2.45) is 0 Å². The van der Waals surface area contributed by atoms with Crippen LogP contribution < -0.4 is 9.47 Å². The molecule has 0 aliphatic heterocycles. The number of ether oxygens (including phenoxy) is 2. The van der Waals surface area contributed by atoms with Crippen molar-refractivity contribution in [1.29, 1.82) is 0 Å². The Labute approximate surface area is 78.5 Å². The van der Waals surface area contributed by atoms with Crippen LogP contribution in [0.5, 0.6) is 11.6 Å². The Morgan fingerprint density at radius 2 is 1.79 bits per heavy atom. The van der Waals surface area contributed by atoms with Crippen molar-refractivity contribution in [3.8, 4) is 11.6 Å². The zero-order valence-electron chi connectivity index (χ0n) is 7.55. The van der Waals surface area contributed by atoms with Crippen LogP contribution in [0.1, 0.15) is 5.69 Å². The maximum atomic E-state index is 12.2. The van der Waals surface area contributed by atoms with Crippen LogP contribution in [0.4, 0.5) is 13.2 Å². The third-order valence-electron chi connectivity index (χ3n) is 1.51. The average molecular weight is 207 g/mol. The van der Waals surface area contributed by atoms with Gasteiger partial charge in [0.1, 0.15) is 5.75 Å². The van der Waals surface area contributed by atoms with Crippen molar-refractivity contribution >= 4 is 0 Å². The molecule has 6 heteroatoms. The molecule has 0 saturated carbocycles. The molecule has 0 spiro atoms. The van der Waals surface area contributed by atoms with Crippen molar-refractivity contribution in [2.45, 2.75) is 6.18 Å². The molecule has 14 heavy (non-hydrogen) atoms. The minimum absolute atomic E-state index is 0.0594. The molecule has 0 saturated heterocycles. The lowest BCUT2D eigenvalue weighted by molar-refractivity contribution is -0.141. The summed E-state index contributed by atoms with van der Waals surface area (Å²) >= 11 is 0. The molecule has 0 aliphatic carbocycles. The number of halogens is 3. The molecule has 1 aromatic heterocycles. The Balaban J connectivity index is 3.17. The highest BCUT2D eigenvalue weighted by Crippen LogP contribution is 2.31. The minimum Gasteiger partial charge on any atom is -0.496 e. The van der Waals surface area contributed by atoms with Gasteiger partial charge >= 0.3 is 6.18 Å². The first-order chi connectivity index (χ1) is 6.47. The lowest BCUT2D eigenvalue weighted by Gasteiger charge is -2.09. The van der Waals surface area contributed by atoms with E-state index in [0.717, 1.165) is 6.07 Å². The van der Waals surface area contributed by atoms with E-state index in [4.69, 9.17) is 0 Å². The zero-order chi connectivity index (χ0) is 10.8. The van der Waals surface area contributed by atoms with E-state index in [1.165, 1.54) is 20.3 Å². The number of aromatic nitrogens is 1. The average Bonchev–Trinajstić information content (AvgIpc) is 2.15. The van der Waals surface area contributed by atoms with Crippen molar-refractivity contribution < 1.29 is 22.6 Å². The van der Waals surface area contributed by atoms with Crippen LogP contribution >= 0.6 is 0 Å². The first-order valence-electron chi connectivity index (χ1n) is 3.64. The number of methoxy groups -OCH3 is 2. The van der Waals surface area contributed by atoms with Gasteiger partial charge < -0.3 is 9.47 Å². The highest BCUT2D eigenvalue weighted by atomic mass is 19.4. The van der Waals surface area contributed by atoms with Crippen molar-refractivity contribution in [1.82, 2.24) is 4.98 Å². The van der Waals surface area contributed by atoms with Gasteiger partial charge in [0.05, 0.1) is 14.2 Å². The second-order valence-electron chi connectivity index (χ2n) is 2.43. The Morgan fingerprint density at radius 3 is 2.21 bits per heavy atom. The summed E-state index contributed by atoms with van der Waals surface area (Å²) in [5.74, 6) is -0.0687. The topological polar surface area (TPSA) is 31.4 Å². The molecular weight excluding hydrogens is 199 g/mol. The summed E-state index contributed by atoms with van der Waals surface area (Å²) in [6, 6.07) is 2.08. The zero-order valence-corrected chi connectivity index (χ0v) is 7.55. The fourth-order valence-electron chi connectivity index (χ4n) is 0.849. The van der Waals surface area contributed by atoms with E-state index in [1.807, 2.05) is 0 Å². The summed E-state index contributed by atoms with van der Waals surface area (Å²) in [4.78, 5) is 3.24. The first kappa shape index (κ1) is 10.6. The van der Waals surface area contributed by atoms with Gasteiger partial charge in [0.25, 0.3) is 0 Å². The van der Waals surface area contributed by atoms with Crippen molar-refractivity contribution in [3.63, 3.8) is 0 Å². The molecule has 0 atom stereocenters. The normalized spacial score (nSPS) is 11.2. The van der Waals surface area contributed by atoms with Crippen LogP contribution in [0.15, 0.2) is 12.1 Å². The summed E-state index contributed by atoms with van der Waals surface area (Å²) in [7, 11) is 2.51. The monoisotopic (exact) mass is 207 g/mol. The molecule has 0 radical (unpaired) electrons. The maximum absolute atomic E-state index is 12.2. The number of alkyl halides is 3. The smallest absolute Gasteiger partial charge is 0.433 e. The molecule has 0 aromatic carbocycles. The molecule has 0 fully saturated rings. The van der Waals surface area contributed by atoms with E-state index in [1.54, 1.807) is 0 Å². The number of pyridine rings is 1. The van der Waals surface area contributed by atoms with Crippen molar-refractivity contribution in [3.05, 3.63) is 17.8 Å². The SMILES string of the molecule is COc1cc(OC)nc(C(F)(F)F)c1. The van der Waals surface area contributed by atoms with Crippen LogP contribution in [0, 0.1) is 0 Å². The van der Waals surface area contributed by atoms with Gasteiger partial charge in [-0.1, -0.05) is 0 Å². The number of nitrogens with zero attached hydrogens (tertiary/aromatic N) is 1. The Kier molecular flexibility index (Phi) is 2.83. The third kappa shape index (κ3) is 2.27. The molecular formula is C8H8F3NO2. The van der Waals surface area contributed by atoms with Gasteiger partial charge in [0, 0.05) is 12.1 Å². The maximum Gasteiger partial charge on any atom is 0.433 e. The van der Waals surface area contributed by atoms with E-state index in [0.29, 0.717) is 0 Å². The lowest BCUT2D eigenvalue weighted by Crippen LogP contribution is -2.08. The van der Waals surface area contributed by atoms with Crippen molar-refractivity contribution in [2.75, 3.05) is 14.2 Å². The molecule has 0 amide bonds. The number of rotatable bonds is 2. The van der Waals surface area contributed by atoms with Crippen LogP contribution in [-0.2, 0) is 6.18 Å². The molecule has 1 aromatic rings. The Bertz CT molecular complexity index is 303. The van der Waals surface area contributed by atoms with Gasteiger partial charge in [0.15, 0.2) is 5.69 Å². The summed E-state index contributed by atoms with van der Waals surface area (Å²) in [5, 5.41) is 0. The van der Waals surface area contributed by atoms with E-state index in [-0.39, 0.29) is 11.6 Å². The van der Waals surface area contributed by atoms with Gasteiger partial charge in [-0.25, -0.2) is 4.98 Å². The molecule has 0 unspecified atom stereocenters. The second-order valence-corrected chi connectivity index (χ2v) is 2.43. The van der Waals surface area contributed by atoms with E-state index in [9.17, 15) is 13.2 Å². The standard InChI is InChI=1S/C8H8F3NO2/c1-13-5-3-6(8(9,10)11)12-7(4-5)14-2/h3-4H,1-2H3. The van der Waals surface area contributed by atoms with Gasteiger partial charge in [-0.05, 0) is 0 Å². The molecule has 0 bridgehead atoms. The largest absolute Gasteiger partial charge is 0.496 e. The van der Waals surface area contributed by atoms with E-state index < -0.39 is 11.9 Å². The molecule has 78 valence electrons. The molecule has 0 aliphatic rings. The summed E-state index contributed by atoms with van der Waals surface area (Å²) in [5.41, 5.74) is -1.03. The quantitative estimate of drug-likeness (QED) is 0.744. The highest BCUT2D eigenvalue weighted by molar-refractivity contribution is 5.31. The van der Waals surface area contributed by atoms with Crippen LogP contribution in [-0.4, -0.2) is 19.2 Å². The Morgan fingerprint density at radius 1 is 1.14 bits per heavy atom. The number of hydrogen-bond donors (Lipinski definition) is 0. The van der Waals surface area contributed by atoms with Gasteiger partial charge in [-0.15, -0.1) is 0 Å². The van der Waals surface area contributed by atoms with Gasteiger partial charge in [-0.2, -0.15) is 13.2 Å². The van der Waals surface area contributed by atoms with Gasteiger partial charge in [-0.3, -0.25) is 0 Å². The summed E-state index contributed by atoms with van der Waals surface area (Å²) in [6.45, 7) is 0.